The van der Waals surface area contributed by atoms with Crippen LogP contribution >= 0.6 is 0 Å². The number of carbonyl (C=O) groups is 11. The zero-order valence-corrected chi connectivity index (χ0v) is 86.8. The van der Waals surface area contributed by atoms with Crippen LogP contribution in [0, 0.1) is 23.7 Å². The van der Waals surface area contributed by atoms with Gasteiger partial charge in [-0.25, -0.2) is 14.7 Å². The van der Waals surface area contributed by atoms with E-state index in [4.69, 9.17) is 33.2 Å². The van der Waals surface area contributed by atoms with Crippen molar-refractivity contribution < 1.29 is 85.9 Å². The van der Waals surface area contributed by atoms with Crippen molar-refractivity contribution in [2.45, 2.75) is 265 Å². The van der Waals surface area contributed by atoms with Crippen LogP contribution in [0.3, 0.4) is 0 Å². The zero-order valence-electron chi connectivity index (χ0n) is 86.8. The van der Waals surface area contributed by atoms with Crippen molar-refractivity contribution in [3.05, 3.63) is 326 Å². The quantitative estimate of drug-likeness (QED) is 0.0148. The minimum atomic E-state index is -0.451. The summed E-state index contributed by atoms with van der Waals surface area (Å²) in [4.78, 5) is 150. The number of esters is 3. The van der Waals surface area contributed by atoms with E-state index in [1.165, 1.54) is 139 Å². The molecule has 11 aromatic rings. The topological polar surface area (TPSA) is 265 Å². The molecule has 11 aromatic carbocycles. The molecule has 4 aliphatic heterocycles. The van der Waals surface area contributed by atoms with E-state index in [0.29, 0.717) is 118 Å². The van der Waals surface area contributed by atoms with Crippen LogP contribution in [-0.2, 0) is 58.7 Å². The lowest BCUT2D eigenvalue weighted by Gasteiger charge is -2.44. The molecule has 4 atom stereocenters. The van der Waals surface area contributed by atoms with Crippen molar-refractivity contribution in [1.29, 1.82) is 0 Å². The van der Waals surface area contributed by atoms with E-state index in [0.717, 1.165) is 117 Å². The van der Waals surface area contributed by atoms with Gasteiger partial charge in [0.1, 0.15) is 46.0 Å². The Morgan fingerprint density at radius 1 is 0.270 bits per heavy atom. The van der Waals surface area contributed by atoms with Gasteiger partial charge >= 0.3 is 17.9 Å². The molecule has 0 aromatic heterocycles. The van der Waals surface area contributed by atoms with Crippen LogP contribution in [-0.4, -0.2) is 96.9 Å². The van der Waals surface area contributed by atoms with Crippen molar-refractivity contribution in [3.63, 3.8) is 0 Å². The molecule has 16 rings (SSSR count). The Balaban J connectivity index is 0.424. The first-order chi connectivity index (χ1) is 71.7. The molecule has 8 amide bonds. The van der Waals surface area contributed by atoms with Crippen molar-refractivity contribution in [1.82, 2.24) is 4.90 Å². The molecule has 0 bridgehead atoms. The molecule has 148 heavy (non-hydrogen) atoms. The lowest BCUT2D eigenvalue weighted by atomic mass is 9.61. The molecule has 1 saturated carbocycles. The van der Waals surface area contributed by atoms with Gasteiger partial charge in [-0.3, -0.25) is 57.6 Å². The zero-order chi connectivity index (χ0) is 104. The molecule has 22 heteroatoms. The first kappa shape index (κ1) is 106. The van der Waals surface area contributed by atoms with E-state index in [2.05, 4.69) is 41.5 Å². The maximum absolute atomic E-state index is 14.0. The fraction of sp³-hybridized carbons (Fsp3) is 0.389. The molecule has 1 aliphatic carbocycles. The monoisotopic (exact) mass is 2000 g/mol. The fourth-order valence-electron chi connectivity index (χ4n) is 21.7. The van der Waals surface area contributed by atoms with Gasteiger partial charge in [-0.05, 0) is 259 Å². The SMILES string of the molecule is CCCCCCCCC1CCC(CCCCCCC(=O)OCCc2ccc(N3C(=O)c4ccc(Oc5ccc(C(C)(C)c6ccc(Oc7ccc8c(c7)C(=O)N(C)C8=O)cc6)cc5)cc4C3=O)cc2)C(CCCCCCCCC(=O)OCCc2ccc(N3C(=O)c4ccc(Oc5ccc(C(C)(C)c6ccc(Oc7ccc8c(c7)C(=O)N(c7ccc(CCOC(=O)CC)cc7)C8=O)cc6)cc5)cc4C3=O)cc2)C1CCCCCC. The highest BCUT2D eigenvalue weighted by molar-refractivity contribution is 6.36. The Morgan fingerprint density at radius 2 is 0.514 bits per heavy atom. The maximum atomic E-state index is 14.0. The highest BCUT2D eigenvalue weighted by atomic mass is 16.5. The van der Waals surface area contributed by atoms with E-state index >= 15 is 0 Å². The number of unbranched alkanes of at least 4 members (excludes halogenated alkanes) is 16. The highest BCUT2D eigenvalue weighted by Gasteiger charge is 2.43. The Morgan fingerprint density at radius 3 is 0.818 bits per heavy atom. The van der Waals surface area contributed by atoms with Crippen LogP contribution in [0.4, 0.5) is 17.1 Å². The Labute approximate surface area is 869 Å². The van der Waals surface area contributed by atoms with E-state index in [1.807, 2.05) is 133 Å². The summed E-state index contributed by atoms with van der Waals surface area (Å²) in [6.45, 7) is 15.5. The van der Waals surface area contributed by atoms with Crippen molar-refractivity contribution >= 4 is 82.2 Å². The average molecular weight is 2000 g/mol. The molecule has 0 radical (unpaired) electrons. The van der Waals surface area contributed by atoms with Crippen molar-refractivity contribution in [3.8, 4) is 46.0 Å². The summed E-state index contributed by atoms with van der Waals surface area (Å²) >= 11 is 0. The molecule has 4 unspecified atom stereocenters. The Hall–Kier alpha value is -14.4. The number of hydrogen-bond acceptors (Lipinski definition) is 18. The van der Waals surface area contributed by atoms with Gasteiger partial charge in [0.2, 0.25) is 0 Å². The van der Waals surface area contributed by atoms with Crippen molar-refractivity contribution in [2.75, 3.05) is 41.6 Å². The van der Waals surface area contributed by atoms with Crippen LogP contribution < -0.4 is 33.6 Å². The Bertz CT molecular complexity index is 6570. The largest absolute Gasteiger partial charge is 0.465 e. The fourth-order valence-corrected chi connectivity index (χ4v) is 21.7. The van der Waals surface area contributed by atoms with E-state index in [9.17, 15) is 52.7 Å². The second-order valence-electron chi connectivity index (χ2n) is 41.3. The second-order valence-corrected chi connectivity index (χ2v) is 41.3. The smallest absolute Gasteiger partial charge is 0.305 e. The van der Waals surface area contributed by atoms with Crippen LogP contribution in [0.2, 0.25) is 0 Å². The average Bonchev–Trinajstić information content (AvgIpc) is 1.61. The molecule has 0 N–H and O–H groups in total. The molecule has 770 valence electrons. The van der Waals surface area contributed by atoms with E-state index < -0.39 is 46.3 Å². The highest BCUT2D eigenvalue weighted by Crippen LogP contribution is 2.50. The number of rotatable bonds is 53. The van der Waals surface area contributed by atoms with Gasteiger partial charge in [-0.2, -0.15) is 0 Å². The van der Waals surface area contributed by atoms with Crippen molar-refractivity contribution in [2.24, 2.45) is 23.7 Å². The third-order valence-corrected chi connectivity index (χ3v) is 30.6. The maximum Gasteiger partial charge on any atom is 0.305 e. The summed E-state index contributed by atoms with van der Waals surface area (Å²) in [6, 6.07) is 72.0. The van der Waals surface area contributed by atoms with E-state index in [1.54, 1.807) is 116 Å². The summed E-state index contributed by atoms with van der Waals surface area (Å²) in [7, 11) is 1.46. The summed E-state index contributed by atoms with van der Waals surface area (Å²) < 4.78 is 41.5. The molecule has 4 heterocycles. The number of anilines is 3. The second kappa shape index (κ2) is 49.9. The van der Waals surface area contributed by atoms with Gasteiger partial charge < -0.3 is 33.2 Å². The van der Waals surface area contributed by atoms with Gasteiger partial charge in [0.05, 0.1) is 81.4 Å². The summed E-state index contributed by atoms with van der Waals surface area (Å²) in [5.41, 5.74) is 9.59. The summed E-state index contributed by atoms with van der Waals surface area (Å²) in [5.74, 6) is 3.05. The van der Waals surface area contributed by atoms with Crippen LogP contribution in [0.1, 0.15) is 356 Å². The predicted octanol–water partition coefficient (Wildman–Crippen LogP) is 28.9. The third-order valence-electron chi connectivity index (χ3n) is 30.6. The van der Waals surface area contributed by atoms with E-state index in [-0.39, 0.29) is 77.4 Å². The van der Waals surface area contributed by atoms with Gasteiger partial charge in [0.25, 0.3) is 47.3 Å². The number of amides is 8. The summed E-state index contributed by atoms with van der Waals surface area (Å²) in [5, 5.41) is 0. The van der Waals surface area contributed by atoms with Crippen LogP contribution in [0.15, 0.2) is 243 Å². The van der Waals surface area contributed by atoms with Gasteiger partial charge in [0.15, 0.2) is 0 Å². The number of ether oxygens (including phenoxy) is 7. The first-order valence-corrected chi connectivity index (χ1v) is 53.7. The number of nitrogens with zero attached hydrogens (tertiary/aromatic N) is 4. The molecule has 0 spiro atoms. The number of hydrogen-bond donors (Lipinski definition) is 0. The third kappa shape index (κ3) is 25.9. The molecular weight excluding hydrogens is 1860 g/mol. The normalized spacial score (nSPS) is 15.9. The lowest BCUT2D eigenvalue weighted by molar-refractivity contribution is -0.144. The molecule has 0 saturated heterocycles. The number of fused-ring (bicyclic) bond motifs is 4. The predicted molar refractivity (Wildman–Crippen MR) is 574 cm³/mol. The number of benzene rings is 11. The first-order valence-electron chi connectivity index (χ1n) is 53.7. The van der Waals surface area contributed by atoms with Gasteiger partial charge in [-0.1, -0.05) is 262 Å². The van der Waals surface area contributed by atoms with Crippen LogP contribution in [0.5, 0.6) is 46.0 Å². The number of carbonyl (C=O) groups excluding carboxylic acids is 11. The Kier molecular flexibility index (Phi) is 35.8. The lowest BCUT2D eigenvalue weighted by Crippen LogP contribution is -2.35. The number of imide groups is 4. The minimum Gasteiger partial charge on any atom is -0.465 e. The minimum absolute atomic E-state index is 0.192. The molecular formula is C126H138N4O18. The molecule has 22 nitrogen and oxygen atoms in total. The van der Waals surface area contributed by atoms with Gasteiger partial charge in [0, 0.05) is 56.4 Å². The standard InChI is InChI=1S/C126H138N4O18/c1-9-12-14-16-19-24-30-87-42-43-88(31-25-22-23-29-35-116(133)144-79-76-86-40-56-95(57-41-86)130-121(138)109-73-68-102(82-113(109)124(130)141)147-97-60-46-90(47-61-97)125(4,5)89-44-58-96(59-45-89)145-100-66-70-106-110(80-100)118(135)127(8)117(106)134)105(104(87)32-26-15-13-10-2)33-27-20-17-18-21-28-34-115(132)143-78-75-85-38-54-94(55-39-85)129-120(137)108-72-69-103(83-112(108)123(129)140)148-99-64-50-92(51-65-99)126(6,7)91-48-62-98(63-49-91)146-101-67-71-107-111(81-101)122(139)128(119(107)136)93-52-36-84(37-53-93)74-77-142-114(131)11-3/h36-41,44-73,80-83,87-88,104-105H,9-35,42-43,74-79H2,1-8H3. The van der Waals surface area contributed by atoms with Crippen LogP contribution in [0.25, 0.3) is 0 Å². The molecule has 1 fully saturated rings. The van der Waals surface area contributed by atoms with Gasteiger partial charge in [-0.15, -0.1) is 0 Å². The molecule has 5 aliphatic rings. The summed E-state index contributed by atoms with van der Waals surface area (Å²) in [6.07, 6.45) is 34.2.